The molecule has 2 heterocycles. The van der Waals surface area contributed by atoms with Crippen LogP contribution in [0, 0.1) is 5.92 Å². The molecule has 18 nitrogen and oxygen atoms in total. The molecule has 332 valence electrons. The van der Waals surface area contributed by atoms with Gasteiger partial charge in [-0.25, -0.2) is 19.2 Å². The van der Waals surface area contributed by atoms with Crippen LogP contribution in [0.15, 0.2) is 29.3 Å². The van der Waals surface area contributed by atoms with E-state index < -0.39 is 70.7 Å². The molecule has 0 saturated carbocycles. The van der Waals surface area contributed by atoms with Gasteiger partial charge in [0.15, 0.2) is 11.5 Å². The Kier molecular flexibility index (Phi) is 13.7. The van der Waals surface area contributed by atoms with Gasteiger partial charge in [-0.1, -0.05) is 18.2 Å². The monoisotopic (exact) mass is 841 g/mol. The Morgan fingerprint density at radius 1 is 0.950 bits per heavy atom. The third-order valence-corrected chi connectivity index (χ3v) is 10.6. The molecule has 18 heteroatoms. The van der Waals surface area contributed by atoms with Crippen LogP contribution in [0.5, 0.6) is 11.5 Å². The lowest BCUT2D eigenvalue weighted by Crippen LogP contribution is -2.64. The summed E-state index contributed by atoms with van der Waals surface area (Å²) >= 11 is 0. The fraction of sp³-hybridized carbons (Fsp3) is 0.667. The number of amides is 5. The second-order valence-corrected chi connectivity index (χ2v) is 18.8. The summed E-state index contributed by atoms with van der Waals surface area (Å²) in [5.41, 5.74) is -0.716. The van der Waals surface area contributed by atoms with Crippen LogP contribution in [0.4, 0.5) is 19.2 Å². The van der Waals surface area contributed by atoms with E-state index in [0.717, 1.165) is 30.5 Å². The number of likely N-dealkylation sites (tertiary alicyclic amines) is 1. The molecule has 1 aromatic rings. The molecule has 5 amide bonds. The Hall–Kier alpha value is -5.10. The molecule has 1 fully saturated rings. The lowest BCUT2D eigenvalue weighted by atomic mass is 9.53. The predicted molar refractivity (Wildman–Crippen MR) is 221 cm³/mol. The van der Waals surface area contributed by atoms with Crippen LogP contribution < -0.4 is 30.7 Å². The zero-order valence-corrected chi connectivity index (χ0v) is 36.7. The molecule has 2 bridgehead atoms. The fourth-order valence-electron chi connectivity index (χ4n) is 8.16. The highest BCUT2D eigenvalue weighted by Crippen LogP contribution is 2.62. The molecule has 60 heavy (non-hydrogen) atoms. The molecule has 2 aliphatic carbocycles. The van der Waals surface area contributed by atoms with Crippen molar-refractivity contribution in [3.05, 3.63) is 35.4 Å². The molecular formula is C42H63N7O11. The number of aliphatic hydroxyl groups is 1. The second kappa shape index (κ2) is 17.9. The van der Waals surface area contributed by atoms with Crippen LogP contribution in [0.1, 0.15) is 92.7 Å². The number of benzene rings is 1. The zero-order chi connectivity index (χ0) is 44.4. The molecule has 5 N–H and O–H groups in total. The molecule has 5 rings (SSSR count). The number of likely N-dealkylation sites (N-methyl/N-ethyl adjacent to an activating group) is 2. The first-order valence-corrected chi connectivity index (χ1v) is 20.5. The van der Waals surface area contributed by atoms with Gasteiger partial charge in [0.2, 0.25) is 11.9 Å². The minimum absolute atomic E-state index is 0.0132. The van der Waals surface area contributed by atoms with E-state index in [1.807, 2.05) is 12.1 Å². The Morgan fingerprint density at radius 3 is 2.18 bits per heavy atom. The smallest absolute Gasteiger partial charge is 0.415 e. The molecule has 4 aliphatic rings. The predicted octanol–water partition coefficient (Wildman–Crippen LogP) is 4.12. The van der Waals surface area contributed by atoms with E-state index in [1.165, 1.54) is 4.90 Å². The van der Waals surface area contributed by atoms with Gasteiger partial charge in [-0.3, -0.25) is 20.4 Å². The number of carbonyl (C=O) groups is 5. The standard InChI is InChI=1S/C42H63N7O11/c1-39(2,3)58-35(52)45-26(13-12-19-44-34(46-36(53)59-40(4,5)6)47-37(54)60-41(7,8)9)33(51)43-20-22-49(11)38(55)56-29-17-14-24-23-27-25-15-16-28(50)32-42(25,18-21-48(27)10)30(24)31(29)57-32/h14-17,25-28,32,50H,12-13,18-23H2,1-11H3,(H,43,51)(H,45,52)(H2,44,46,47,53,54)/t25?,26-,27+,28?,32-,42-/m0/s1. The Morgan fingerprint density at radius 2 is 1.57 bits per heavy atom. The molecule has 1 aromatic carbocycles. The van der Waals surface area contributed by atoms with E-state index in [0.29, 0.717) is 5.75 Å². The van der Waals surface area contributed by atoms with Crippen molar-refractivity contribution in [1.82, 2.24) is 31.1 Å². The maximum Gasteiger partial charge on any atom is 0.415 e. The van der Waals surface area contributed by atoms with E-state index in [9.17, 15) is 29.1 Å². The van der Waals surface area contributed by atoms with Crippen LogP contribution in [-0.4, -0.2) is 133 Å². The molecule has 1 saturated heterocycles. The van der Waals surface area contributed by atoms with E-state index >= 15 is 0 Å². The number of ether oxygens (including phenoxy) is 5. The number of hydrogen-bond donors (Lipinski definition) is 5. The van der Waals surface area contributed by atoms with Gasteiger partial charge >= 0.3 is 24.4 Å². The Bertz CT molecular complexity index is 1830. The van der Waals surface area contributed by atoms with Gasteiger partial charge in [0.25, 0.3) is 0 Å². The number of nitrogens with one attached hydrogen (secondary N) is 4. The van der Waals surface area contributed by atoms with Crippen LogP contribution in [0.2, 0.25) is 0 Å². The molecule has 0 radical (unpaired) electrons. The van der Waals surface area contributed by atoms with Crippen LogP contribution in [-0.2, 0) is 30.8 Å². The zero-order valence-electron chi connectivity index (χ0n) is 36.7. The van der Waals surface area contributed by atoms with Gasteiger partial charge in [-0.2, -0.15) is 0 Å². The van der Waals surface area contributed by atoms with Crippen molar-refractivity contribution in [2.24, 2.45) is 10.9 Å². The molecule has 2 unspecified atom stereocenters. The number of carbonyl (C=O) groups excluding carboxylic acids is 5. The van der Waals surface area contributed by atoms with Gasteiger partial charge in [-0.15, -0.1) is 0 Å². The lowest BCUT2D eigenvalue weighted by molar-refractivity contribution is -0.123. The topological polar surface area (TPSA) is 219 Å². The number of aliphatic hydroxyl groups excluding tert-OH is 1. The highest BCUT2D eigenvalue weighted by molar-refractivity contribution is 6.01. The van der Waals surface area contributed by atoms with Crippen molar-refractivity contribution in [1.29, 1.82) is 0 Å². The molecule has 6 atom stereocenters. The van der Waals surface area contributed by atoms with Crippen molar-refractivity contribution >= 4 is 36.2 Å². The Labute approximate surface area is 352 Å². The summed E-state index contributed by atoms with van der Waals surface area (Å²) in [7, 11) is 3.68. The molecule has 2 aliphatic heterocycles. The normalized spacial score (nSPS) is 23.1. The number of guanidine groups is 1. The largest absolute Gasteiger partial charge is 0.482 e. The summed E-state index contributed by atoms with van der Waals surface area (Å²) in [6, 6.07) is 2.94. The number of nitrogens with zero attached hydrogens (tertiary/aromatic N) is 3. The first-order chi connectivity index (χ1) is 27.9. The van der Waals surface area contributed by atoms with Crippen LogP contribution in [0.3, 0.4) is 0 Å². The summed E-state index contributed by atoms with van der Waals surface area (Å²) in [4.78, 5) is 72.6. The Balaban J connectivity index is 1.20. The average molecular weight is 842 g/mol. The molecular weight excluding hydrogens is 778 g/mol. The first kappa shape index (κ1) is 46.0. The highest BCUT2D eigenvalue weighted by atomic mass is 16.6. The van der Waals surface area contributed by atoms with Crippen molar-refractivity contribution in [2.45, 2.75) is 135 Å². The van der Waals surface area contributed by atoms with E-state index in [4.69, 9.17) is 23.7 Å². The van der Waals surface area contributed by atoms with Crippen molar-refractivity contribution < 1.29 is 52.8 Å². The summed E-state index contributed by atoms with van der Waals surface area (Å²) < 4.78 is 28.4. The van der Waals surface area contributed by atoms with Gasteiger partial charge < -0.3 is 49.2 Å². The van der Waals surface area contributed by atoms with Crippen LogP contribution in [0.25, 0.3) is 0 Å². The number of hydrogen-bond acceptors (Lipinski definition) is 13. The lowest BCUT2D eigenvalue weighted by Gasteiger charge is -2.56. The summed E-state index contributed by atoms with van der Waals surface area (Å²) in [6.45, 7) is 16.1. The first-order valence-electron chi connectivity index (χ1n) is 20.5. The molecule has 1 spiro atoms. The fourth-order valence-corrected chi connectivity index (χ4v) is 8.16. The quantitative estimate of drug-likeness (QED) is 0.0739. The number of alkyl carbamates (subject to hydrolysis) is 3. The third kappa shape index (κ3) is 11.2. The van der Waals surface area contributed by atoms with Gasteiger partial charge in [0, 0.05) is 49.6 Å². The summed E-state index contributed by atoms with van der Waals surface area (Å²) in [5.74, 6) is 0.171. The maximum absolute atomic E-state index is 13.5. The van der Waals surface area contributed by atoms with E-state index in [-0.39, 0.29) is 56.1 Å². The number of aliphatic imine (C=N–C) groups is 1. The SMILES string of the molecule is CN(CCNC(=O)[C@H](CCCN=C(NC(=O)OC(C)(C)C)NC(=O)OC(C)(C)C)NC(=O)OC(C)(C)C)C(=O)Oc1ccc2c3c1O[C@H]1C(O)C=CC4[C@@H](C2)N(C)CC[C@@]341. The van der Waals surface area contributed by atoms with Crippen LogP contribution >= 0.6 is 0 Å². The highest BCUT2D eigenvalue weighted by Gasteiger charge is 2.64. The number of piperidine rings is 1. The summed E-state index contributed by atoms with van der Waals surface area (Å²) in [6.07, 6.45) is 1.43. The maximum atomic E-state index is 13.5. The van der Waals surface area contributed by atoms with Gasteiger partial charge in [-0.05, 0) is 113 Å². The van der Waals surface area contributed by atoms with E-state index in [1.54, 1.807) is 75.4 Å². The van der Waals surface area contributed by atoms with Crippen molar-refractivity contribution in [2.75, 3.05) is 40.3 Å². The molecule has 0 aromatic heterocycles. The van der Waals surface area contributed by atoms with Gasteiger partial charge in [0.05, 0.1) is 0 Å². The van der Waals surface area contributed by atoms with Crippen molar-refractivity contribution in [3.8, 4) is 11.5 Å². The third-order valence-electron chi connectivity index (χ3n) is 10.6. The minimum Gasteiger partial charge on any atom is -0.482 e. The second-order valence-electron chi connectivity index (χ2n) is 18.8. The minimum atomic E-state index is -1.07. The number of rotatable bonds is 10. The summed E-state index contributed by atoms with van der Waals surface area (Å²) in [5, 5.41) is 21.2. The average Bonchev–Trinajstić information content (AvgIpc) is 3.46. The van der Waals surface area contributed by atoms with Crippen molar-refractivity contribution in [3.63, 3.8) is 0 Å². The van der Waals surface area contributed by atoms with Gasteiger partial charge in [0.1, 0.15) is 35.1 Å². The van der Waals surface area contributed by atoms with E-state index in [2.05, 4.69) is 44.3 Å².